The van der Waals surface area contributed by atoms with Gasteiger partial charge in [0.15, 0.2) is 0 Å². The monoisotopic (exact) mass is 438 g/mol. The molecule has 6 nitrogen and oxygen atoms in total. The topological polar surface area (TPSA) is 80.4 Å². The molecular weight excluding hydrogens is 425 g/mol. The lowest BCUT2D eigenvalue weighted by molar-refractivity contribution is -0.387. The minimum Gasteiger partial charge on any atom is -0.258 e. The Hall–Kier alpha value is -2.92. The number of thiazole rings is 1. The fraction of sp³-hybridized carbons (Fsp3) is 0.111. The summed E-state index contributed by atoms with van der Waals surface area (Å²) in [6.07, 6.45) is -3.08. The first kappa shape index (κ1) is 20.8. The standard InChI is InChI=1S/C18H13F3N4O2S2/c1-11-10-28-17(23-11)24-22-9-12-5-6-16(15(7-12)25(26)27)29-14-4-2-3-13(8-14)18(19,20)21/h2-10H,1H3,(H,23,24). The predicted octanol–water partition coefficient (Wildman–Crippen LogP) is 5.98. The van der Waals surface area contributed by atoms with Gasteiger partial charge in [-0.05, 0) is 31.2 Å². The molecule has 3 aromatic rings. The largest absolute Gasteiger partial charge is 0.416 e. The Kier molecular flexibility index (Phi) is 6.18. The third-order valence-electron chi connectivity index (χ3n) is 3.56. The van der Waals surface area contributed by atoms with E-state index in [4.69, 9.17) is 0 Å². The number of benzene rings is 2. The van der Waals surface area contributed by atoms with Crippen LogP contribution in [0.3, 0.4) is 0 Å². The second kappa shape index (κ2) is 8.62. The van der Waals surface area contributed by atoms with Crippen LogP contribution in [0.4, 0.5) is 24.0 Å². The van der Waals surface area contributed by atoms with Gasteiger partial charge in [0, 0.05) is 21.9 Å². The summed E-state index contributed by atoms with van der Waals surface area (Å²) in [7, 11) is 0. The molecule has 0 saturated heterocycles. The van der Waals surface area contributed by atoms with Crippen LogP contribution in [0.2, 0.25) is 0 Å². The van der Waals surface area contributed by atoms with E-state index in [0.717, 1.165) is 29.6 Å². The number of aryl methyl sites for hydroxylation is 1. The molecule has 0 unspecified atom stereocenters. The first-order valence-corrected chi connectivity index (χ1v) is 9.77. The second-order valence-corrected chi connectivity index (χ2v) is 7.75. The zero-order valence-electron chi connectivity index (χ0n) is 14.8. The maximum absolute atomic E-state index is 12.9. The van der Waals surface area contributed by atoms with Crippen molar-refractivity contribution in [1.82, 2.24) is 4.98 Å². The number of aromatic nitrogens is 1. The van der Waals surface area contributed by atoms with Crippen molar-refractivity contribution < 1.29 is 18.1 Å². The van der Waals surface area contributed by atoms with Crippen molar-refractivity contribution in [3.63, 3.8) is 0 Å². The van der Waals surface area contributed by atoms with E-state index >= 15 is 0 Å². The molecule has 0 aliphatic heterocycles. The smallest absolute Gasteiger partial charge is 0.258 e. The van der Waals surface area contributed by atoms with Gasteiger partial charge in [-0.2, -0.15) is 18.3 Å². The average Bonchev–Trinajstić information content (AvgIpc) is 3.07. The second-order valence-electron chi connectivity index (χ2n) is 5.78. The summed E-state index contributed by atoms with van der Waals surface area (Å²) >= 11 is 2.27. The molecule has 0 spiro atoms. The van der Waals surface area contributed by atoms with Crippen LogP contribution < -0.4 is 5.43 Å². The van der Waals surface area contributed by atoms with Crippen LogP contribution in [-0.2, 0) is 6.18 Å². The van der Waals surface area contributed by atoms with Gasteiger partial charge in [-0.25, -0.2) is 4.98 Å². The highest BCUT2D eigenvalue weighted by Crippen LogP contribution is 2.38. The maximum atomic E-state index is 12.9. The van der Waals surface area contributed by atoms with Crippen molar-refractivity contribution in [2.24, 2.45) is 5.10 Å². The normalized spacial score (nSPS) is 11.7. The molecule has 3 rings (SSSR count). The highest BCUT2D eigenvalue weighted by Gasteiger charge is 2.30. The van der Waals surface area contributed by atoms with Crippen LogP contribution in [0.25, 0.3) is 0 Å². The van der Waals surface area contributed by atoms with Gasteiger partial charge in [0.25, 0.3) is 5.69 Å². The van der Waals surface area contributed by atoms with Crippen LogP contribution in [0.1, 0.15) is 16.8 Å². The number of nitro benzene ring substituents is 1. The minimum absolute atomic E-state index is 0.221. The van der Waals surface area contributed by atoms with E-state index < -0.39 is 16.7 Å². The summed E-state index contributed by atoms with van der Waals surface area (Å²) < 4.78 is 38.6. The number of hydrogen-bond acceptors (Lipinski definition) is 7. The van der Waals surface area contributed by atoms with E-state index in [-0.39, 0.29) is 15.5 Å². The van der Waals surface area contributed by atoms with Crippen molar-refractivity contribution in [1.29, 1.82) is 0 Å². The van der Waals surface area contributed by atoms with Gasteiger partial charge in [0.2, 0.25) is 5.13 Å². The molecule has 0 radical (unpaired) electrons. The van der Waals surface area contributed by atoms with Crippen LogP contribution in [0.5, 0.6) is 0 Å². The summed E-state index contributed by atoms with van der Waals surface area (Å²) in [5.41, 5.74) is 3.01. The van der Waals surface area contributed by atoms with Crippen LogP contribution in [0.15, 0.2) is 62.7 Å². The Morgan fingerprint density at radius 3 is 2.72 bits per heavy atom. The zero-order valence-corrected chi connectivity index (χ0v) is 16.4. The lowest BCUT2D eigenvalue weighted by atomic mass is 10.2. The number of hydrogen-bond donors (Lipinski definition) is 1. The lowest BCUT2D eigenvalue weighted by Crippen LogP contribution is -2.04. The summed E-state index contributed by atoms with van der Waals surface area (Å²) in [6, 6.07) is 9.05. The van der Waals surface area contributed by atoms with Crippen LogP contribution in [0, 0.1) is 17.0 Å². The fourth-order valence-corrected chi connectivity index (χ4v) is 3.87. The highest BCUT2D eigenvalue weighted by molar-refractivity contribution is 7.99. The predicted molar refractivity (Wildman–Crippen MR) is 107 cm³/mol. The van der Waals surface area contributed by atoms with E-state index in [1.54, 1.807) is 6.07 Å². The lowest BCUT2D eigenvalue weighted by Gasteiger charge is -2.09. The van der Waals surface area contributed by atoms with Crippen molar-refractivity contribution in [2.75, 3.05) is 5.43 Å². The van der Waals surface area contributed by atoms with Crippen LogP contribution >= 0.6 is 23.1 Å². The molecule has 0 aliphatic carbocycles. The number of alkyl halides is 3. The average molecular weight is 438 g/mol. The highest BCUT2D eigenvalue weighted by atomic mass is 32.2. The first-order valence-electron chi connectivity index (χ1n) is 8.07. The Bertz CT molecular complexity index is 1070. The van der Waals surface area contributed by atoms with Gasteiger partial charge in [0.1, 0.15) is 0 Å². The molecular formula is C18H13F3N4O2S2. The molecule has 0 saturated carbocycles. The third kappa shape index (κ3) is 5.55. The number of nitrogens with zero attached hydrogens (tertiary/aromatic N) is 3. The molecule has 0 aliphatic rings. The van der Waals surface area contributed by atoms with E-state index in [1.165, 1.54) is 41.8 Å². The number of rotatable bonds is 6. The third-order valence-corrected chi connectivity index (χ3v) is 5.48. The fourth-order valence-electron chi connectivity index (χ4n) is 2.27. The number of halogens is 3. The first-order chi connectivity index (χ1) is 13.7. The minimum atomic E-state index is -4.48. The summed E-state index contributed by atoms with van der Waals surface area (Å²) in [4.78, 5) is 15.5. The van der Waals surface area contributed by atoms with E-state index in [0.29, 0.717) is 10.7 Å². The molecule has 11 heteroatoms. The molecule has 0 fully saturated rings. The molecule has 0 bridgehead atoms. The van der Waals surface area contributed by atoms with Gasteiger partial charge >= 0.3 is 6.18 Å². The Balaban J connectivity index is 1.80. The number of anilines is 1. The molecule has 150 valence electrons. The van der Waals surface area contributed by atoms with E-state index in [9.17, 15) is 23.3 Å². The Morgan fingerprint density at radius 2 is 2.07 bits per heavy atom. The van der Waals surface area contributed by atoms with Crippen molar-refractivity contribution in [2.45, 2.75) is 22.9 Å². The Labute approximate surface area is 171 Å². The molecule has 2 aromatic carbocycles. The van der Waals surface area contributed by atoms with E-state index in [1.807, 2.05) is 12.3 Å². The van der Waals surface area contributed by atoms with Crippen molar-refractivity contribution in [3.8, 4) is 0 Å². The van der Waals surface area contributed by atoms with Gasteiger partial charge in [-0.3, -0.25) is 15.5 Å². The molecule has 0 atom stereocenters. The van der Waals surface area contributed by atoms with Gasteiger partial charge in [-0.15, -0.1) is 11.3 Å². The molecule has 1 heterocycles. The summed E-state index contributed by atoms with van der Waals surface area (Å²) in [5.74, 6) is 0. The number of nitrogens with one attached hydrogen (secondary N) is 1. The van der Waals surface area contributed by atoms with Gasteiger partial charge in [0.05, 0.1) is 27.3 Å². The van der Waals surface area contributed by atoms with Crippen LogP contribution in [-0.4, -0.2) is 16.1 Å². The van der Waals surface area contributed by atoms with Gasteiger partial charge in [-0.1, -0.05) is 23.9 Å². The maximum Gasteiger partial charge on any atom is 0.416 e. The summed E-state index contributed by atoms with van der Waals surface area (Å²) in [5, 5.41) is 17.9. The van der Waals surface area contributed by atoms with E-state index in [2.05, 4.69) is 15.5 Å². The van der Waals surface area contributed by atoms with Crippen molar-refractivity contribution in [3.05, 3.63) is 74.8 Å². The SMILES string of the molecule is Cc1csc(NN=Cc2ccc(Sc3cccc(C(F)(F)F)c3)c([N+](=O)[O-])c2)n1. The van der Waals surface area contributed by atoms with Gasteiger partial charge < -0.3 is 0 Å². The molecule has 29 heavy (non-hydrogen) atoms. The molecule has 1 N–H and O–H groups in total. The number of hydrazone groups is 1. The number of nitro groups is 1. The Morgan fingerprint density at radius 1 is 1.28 bits per heavy atom. The molecule has 1 aromatic heterocycles. The quantitative estimate of drug-likeness (QED) is 0.291. The zero-order chi connectivity index (χ0) is 21.0. The summed E-state index contributed by atoms with van der Waals surface area (Å²) in [6.45, 7) is 1.84. The molecule has 0 amide bonds. The van der Waals surface area contributed by atoms with Crippen molar-refractivity contribution >= 4 is 40.1 Å².